The third-order valence-corrected chi connectivity index (χ3v) is 7.31. The molecule has 0 spiro atoms. The highest BCUT2D eigenvalue weighted by Gasteiger charge is 2.42. The summed E-state index contributed by atoms with van der Waals surface area (Å²) in [6, 6.07) is 0. The molecule has 0 radical (unpaired) electrons. The van der Waals surface area contributed by atoms with Crippen molar-refractivity contribution >= 4 is 11.6 Å². The summed E-state index contributed by atoms with van der Waals surface area (Å²) in [5.41, 5.74) is 0. The van der Waals surface area contributed by atoms with E-state index < -0.39 is 0 Å². The fourth-order valence-electron chi connectivity index (χ4n) is 4.75. The van der Waals surface area contributed by atoms with Crippen LogP contribution in [0.25, 0.3) is 0 Å². The maximum Gasteiger partial charge on any atom is 0.0571 e. The lowest BCUT2D eigenvalue weighted by atomic mass is 9.69. The molecule has 1 heterocycles. The largest absolute Gasteiger partial charge is 0.381 e. The van der Waals surface area contributed by atoms with Crippen molar-refractivity contribution < 1.29 is 14.2 Å². The second-order valence-electron chi connectivity index (χ2n) is 8.24. The van der Waals surface area contributed by atoms with Crippen LogP contribution in [0.15, 0.2) is 0 Å². The maximum absolute atomic E-state index is 6.99. The third-order valence-electron chi connectivity index (χ3n) is 6.69. The molecule has 148 valence electrons. The minimum absolute atomic E-state index is 0.0303. The average Bonchev–Trinajstić information content (AvgIpc) is 2.70. The van der Waals surface area contributed by atoms with Crippen molar-refractivity contribution in [2.24, 2.45) is 11.8 Å². The predicted molar refractivity (Wildman–Crippen MR) is 104 cm³/mol. The van der Waals surface area contributed by atoms with Crippen LogP contribution in [0.2, 0.25) is 0 Å². The first-order valence-corrected chi connectivity index (χ1v) is 10.8. The normalized spacial score (nSPS) is 36.0. The molecule has 0 aromatic rings. The van der Waals surface area contributed by atoms with Crippen molar-refractivity contribution in [3.05, 3.63) is 0 Å². The summed E-state index contributed by atoms with van der Waals surface area (Å²) in [5, 5.41) is 0. The lowest BCUT2D eigenvalue weighted by Crippen LogP contribution is -2.42. The molecule has 0 unspecified atom stereocenters. The van der Waals surface area contributed by atoms with Crippen LogP contribution in [0.5, 0.6) is 0 Å². The lowest BCUT2D eigenvalue weighted by Gasteiger charge is -2.44. The van der Waals surface area contributed by atoms with Crippen molar-refractivity contribution in [2.45, 2.75) is 94.6 Å². The first-order valence-electron chi connectivity index (χ1n) is 10.4. The predicted octanol–water partition coefficient (Wildman–Crippen LogP) is 5.58. The van der Waals surface area contributed by atoms with E-state index in [1.165, 1.54) is 70.6 Å². The van der Waals surface area contributed by atoms with Gasteiger partial charge in [-0.3, -0.25) is 0 Å². The molecular formula is C21H39ClO3. The highest BCUT2D eigenvalue weighted by Crippen LogP contribution is 2.47. The van der Waals surface area contributed by atoms with Crippen LogP contribution in [0, 0.1) is 11.8 Å². The second kappa shape index (κ2) is 11.1. The SMILES string of the molecule is C1CCOCC1.COC1CCC(C(C)(Cl)C2CCC(OC)CC2)CC1. The minimum Gasteiger partial charge on any atom is -0.381 e. The molecule has 3 rings (SSSR count). The molecule has 0 bridgehead atoms. The Hall–Kier alpha value is 0.170. The van der Waals surface area contributed by atoms with Gasteiger partial charge in [0, 0.05) is 32.3 Å². The van der Waals surface area contributed by atoms with Crippen molar-refractivity contribution in [2.75, 3.05) is 27.4 Å². The molecule has 0 atom stereocenters. The molecule has 0 amide bonds. The van der Waals surface area contributed by atoms with Crippen LogP contribution in [-0.4, -0.2) is 44.5 Å². The Morgan fingerprint density at radius 2 is 1.12 bits per heavy atom. The van der Waals surface area contributed by atoms with Gasteiger partial charge in [-0.25, -0.2) is 0 Å². The van der Waals surface area contributed by atoms with Gasteiger partial charge in [0.05, 0.1) is 12.2 Å². The molecule has 25 heavy (non-hydrogen) atoms. The standard InChI is InChI=1S/C16H29ClO2.C5H10O/c1-16(17,12-4-8-14(18-2)9-5-12)13-6-10-15(19-3)11-7-13;1-2-4-6-5-3-1/h12-15H,4-11H2,1-3H3;1-5H2. The van der Waals surface area contributed by atoms with E-state index in [9.17, 15) is 0 Å². The summed E-state index contributed by atoms with van der Waals surface area (Å²) in [6.45, 7) is 4.28. The Morgan fingerprint density at radius 3 is 1.36 bits per heavy atom. The Bertz CT molecular complexity index is 304. The van der Waals surface area contributed by atoms with Gasteiger partial charge in [0.1, 0.15) is 0 Å². The van der Waals surface area contributed by atoms with E-state index in [4.69, 9.17) is 25.8 Å². The van der Waals surface area contributed by atoms with Crippen LogP contribution >= 0.6 is 11.6 Å². The summed E-state index contributed by atoms with van der Waals surface area (Å²) in [4.78, 5) is -0.0303. The second-order valence-corrected chi connectivity index (χ2v) is 9.06. The molecule has 0 N–H and O–H groups in total. The van der Waals surface area contributed by atoms with Gasteiger partial charge in [-0.2, -0.15) is 0 Å². The lowest BCUT2D eigenvalue weighted by molar-refractivity contribution is 0.0262. The molecule has 1 saturated heterocycles. The van der Waals surface area contributed by atoms with Crippen molar-refractivity contribution in [3.63, 3.8) is 0 Å². The van der Waals surface area contributed by atoms with E-state index in [1.807, 2.05) is 14.2 Å². The number of alkyl halides is 1. The van der Waals surface area contributed by atoms with Gasteiger partial charge in [-0.15, -0.1) is 11.6 Å². The van der Waals surface area contributed by atoms with Crippen LogP contribution in [0.3, 0.4) is 0 Å². The number of hydrogen-bond donors (Lipinski definition) is 0. The molecule has 3 fully saturated rings. The van der Waals surface area contributed by atoms with Gasteiger partial charge < -0.3 is 14.2 Å². The van der Waals surface area contributed by atoms with Gasteiger partial charge in [0.2, 0.25) is 0 Å². The summed E-state index contributed by atoms with van der Waals surface area (Å²) in [7, 11) is 3.66. The molecule has 4 heteroatoms. The van der Waals surface area contributed by atoms with E-state index in [0.29, 0.717) is 24.0 Å². The van der Waals surface area contributed by atoms with Crippen molar-refractivity contribution in [1.82, 2.24) is 0 Å². The number of rotatable bonds is 4. The zero-order valence-electron chi connectivity index (χ0n) is 16.6. The summed E-state index contributed by atoms with van der Waals surface area (Å²) < 4.78 is 16.0. The first-order chi connectivity index (χ1) is 12.1. The first kappa shape index (κ1) is 21.5. The number of ether oxygens (including phenoxy) is 3. The van der Waals surface area contributed by atoms with Crippen LogP contribution in [0.1, 0.15) is 77.6 Å². The molecule has 2 aliphatic carbocycles. The summed E-state index contributed by atoms with van der Waals surface area (Å²) in [6.07, 6.45) is 14.5. The van der Waals surface area contributed by atoms with Crippen LogP contribution in [-0.2, 0) is 14.2 Å². The molecular weight excluding hydrogens is 336 g/mol. The third kappa shape index (κ3) is 6.68. The fraction of sp³-hybridized carbons (Fsp3) is 1.00. The molecule has 3 nitrogen and oxygen atoms in total. The van der Waals surface area contributed by atoms with Crippen LogP contribution < -0.4 is 0 Å². The van der Waals surface area contributed by atoms with E-state index in [0.717, 1.165) is 13.2 Å². The topological polar surface area (TPSA) is 27.7 Å². The van der Waals surface area contributed by atoms with Gasteiger partial charge in [-0.1, -0.05) is 0 Å². The molecule has 2 saturated carbocycles. The van der Waals surface area contributed by atoms with Gasteiger partial charge in [-0.05, 0) is 89.4 Å². The number of hydrogen-bond acceptors (Lipinski definition) is 3. The highest BCUT2D eigenvalue weighted by molar-refractivity contribution is 6.24. The monoisotopic (exact) mass is 374 g/mol. The maximum atomic E-state index is 6.99. The Labute approximate surface area is 160 Å². The van der Waals surface area contributed by atoms with Gasteiger partial charge >= 0.3 is 0 Å². The van der Waals surface area contributed by atoms with E-state index >= 15 is 0 Å². The van der Waals surface area contributed by atoms with Crippen molar-refractivity contribution in [1.29, 1.82) is 0 Å². The molecule has 0 aromatic carbocycles. The molecule has 3 aliphatic rings. The van der Waals surface area contributed by atoms with Gasteiger partial charge in [0.15, 0.2) is 0 Å². The number of methoxy groups -OCH3 is 2. The van der Waals surface area contributed by atoms with E-state index in [2.05, 4.69) is 6.92 Å². The Morgan fingerprint density at radius 1 is 0.720 bits per heavy atom. The minimum atomic E-state index is -0.0303. The fourth-order valence-corrected chi connectivity index (χ4v) is 5.18. The highest BCUT2D eigenvalue weighted by atomic mass is 35.5. The number of halogens is 1. The van der Waals surface area contributed by atoms with E-state index in [1.54, 1.807) is 0 Å². The summed E-state index contributed by atoms with van der Waals surface area (Å²) in [5.74, 6) is 1.31. The quantitative estimate of drug-likeness (QED) is 0.601. The summed E-state index contributed by atoms with van der Waals surface area (Å²) >= 11 is 6.99. The Balaban J connectivity index is 0.000000316. The molecule has 0 aromatic heterocycles. The smallest absolute Gasteiger partial charge is 0.0571 e. The zero-order chi connectivity index (χ0) is 18.1. The Kier molecular flexibility index (Phi) is 9.54. The van der Waals surface area contributed by atoms with Crippen LogP contribution in [0.4, 0.5) is 0 Å². The van der Waals surface area contributed by atoms with Crippen molar-refractivity contribution in [3.8, 4) is 0 Å². The molecule has 1 aliphatic heterocycles. The van der Waals surface area contributed by atoms with E-state index in [-0.39, 0.29) is 4.87 Å². The van der Waals surface area contributed by atoms with Gasteiger partial charge in [0.25, 0.3) is 0 Å². The zero-order valence-corrected chi connectivity index (χ0v) is 17.4. The average molecular weight is 375 g/mol.